The zero-order valence-corrected chi connectivity index (χ0v) is 22.1. The number of carbonyl (C=O) groups is 1. The van der Waals surface area contributed by atoms with Crippen molar-refractivity contribution in [1.29, 1.82) is 0 Å². The van der Waals surface area contributed by atoms with Crippen LogP contribution in [0.4, 0.5) is 11.4 Å². The Morgan fingerprint density at radius 2 is 1.68 bits per heavy atom. The van der Waals surface area contributed by atoms with Gasteiger partial charge < -0.3 is 40.2 Å². The largest absolute Gasteiger partial charge is 0.493 e. The number of benzene rings is 3. The fraction of sp³-hybridized carbons (Fsp3) is 0.296. The van der Waals surface area contributed by atoms with Gasteiger partial charge in [-0.05, 0) is 56.6 Å². The molecule has 0 saturated carbocycles. The van der Waals surface area contributed by atoms with Crippen LogP contribution >= 0.6 is 11.8 Å². The molecule has 196 valence electrons. The van der Waals surface area contributed by atoms with Crippen LogP contribution in [0, 0.1) is 0 Å². The van der Waals surface area contributed by atoms with Crippen LogP contribution in [0.25, 0.3) is 0 Å². The Hall–Kier alpha value is -3.76. The Labute approximate surface area is 221 Å². The average molecular weight is 525 g/mol. The van der Waals surface area contributed by atoms with Crippen molar-refractivity contribution in [1.82, 2.24) is 10.2 Å². The molecule has 1 heterocycles. The van der Waals surface area contributed by atoms with Crippen molar-refractivity contribution in [2.24, 2.45) is 0 Å². The van der Waals surface area contributed by atoms with E-state index in [-0.39, 0.29) is 5.91 Å². The van der Waals surface area contributed by atoms with E-state index in [1.54, 1.807) is 50.6 Å². The van der Waals surface area contributed by atoms with Crippen molar-refractivity contribution in [3.8, 4) is 23.0 Å². The summed E-state index contributed by atoms with van der Waals surface area (Å²) in [5, 5.41) is 6.34. The van der Waals surface area contributed by atoms with Crippen molar-refractivity contribution in [2.45, 2.75) is 16.5 Å². The van der Waals surface area contributed by atoms with Gasteiger partial charge >= 0.3 is 0 Å². The lowest BCUT2D eigenvalue weighted by Crippen LogP contribution is -2.40. The average Bonchev–Trinajstić information content (AvgIpc) is 3.28. The maximum absolute atomic E-state index is 13.5. The van der Waals surface area contributed by atoms with E-state index >= 15 is 0 Å². The van der Waals surface area contributed by atoms with Gasteiger partial charge in [0, 0.05) is 28.8 Å². The first-order chi connectivity index (χ1) is 17.9. The van der Waals surface area contributed by atoms with E-state index in [0.29, 0.717) is 35.1 Å². The van der Waals surface area contributed by atoms with Gasteiger partial charge in [-0.25, -0.2) is 0 Å². The minimum Gasteiger partial charge on any atom is -0.493 e. The third kappa shape index (κ3) is 6.72. The van der Waals surface area contributed by atoms with Crippen molar-refractivity contribution < 1.29 is 23.7 Å². The van der Waals surface area contributed by atoms with Crippen LogP contribution in [-0.2, 0) is 4.79 Å². The van der Waals surface area contributed by atoms with E-state index < -0.39 is 11.6 Å². The maximum atomic E-state index is 13.5. The Kier molecular flexibility index (Phi) is 8.52. The van der Waals surface area contributed by atoms with Crippen LogP contribution in [0.15, 0.2) is 65.6 Å². The van der Waals surface area contributed by atoms with Gasteiger partial charge in [0.2, 0.25) is 6.10 Å². The normalized spacial score (nSPS) is 14.9. The molecule has 3 aromatic rings. The van der Waals surface area contributed by atoms with E-state index in [0.717, 1.165) is 22.9 Å². The third-order valence-electron chi connectivity index (χ3n) is 5.65. The number of anilines is 2. The Bertz CT molecular complexity index is 1170. The van der Waals surface area contributed by atoms with E-state index in [1.807, 2.05) is 38.4 Å². The molecule has 9 nitrogen and oxygen atoms in total. The Balaban J connectivity index is 1.47. The maximum Gasteiger partial charge on any atom is 0.268 e. The highest BCUT2D eigenvalue weighted by atomic mass is 32.2. The highest BCUT2D eigenvalue weighted by Gasteiger charge is 2.30. The van der Waals surface area contributed by atoms with Crippen LogP contribution in [-0.4, -0.2) is 57.8 Å². The van der Waals surface area contributed by atoms with Gasteiger partial charge in [-0.2, -0.15) is 0 Å². The van der Waals surface area contributed by atoms with Crippen LogP contribution in [0.2, 0.25) is 0 Å². The molecule has 4 rings (SSSR count). The number of methoxy groups -OCH3 is 2. The number of nitrogens with one attached hydrogen (secondary N) is 2. The number of nitrogen functional groups attached to an aromatic ring is 1. The summed E-state index contributed by atoms with van der Waals surface area (Å²) in [6.07, 6.45) is -0.892. The summed E-state index contributed by atoms with van der Waals surface area (Å²) in [4.78, 5) is 16.5. The zero-order chi connectivity index (χ0) is 26.4. The smallest absolute Gasteiger partial charge is 0.268 e. The molecule has 3 aromatic carbocycles. The zero-order valence-electron chi connectivity index (χ0n) is 21.3. The summed E-state index contributed by atoms with van der Waals surface area (Å²) in [6, 6.07) is 18.0. The summed E-state index contributed by atoms with van der Waals surface area (Å²) in [6.45, 7) is 1.39. The summed E-state index contributed by atoms with van der Waals surface area (Å²) >= 11 is 1.47. The van der Waals surface area contributed by atoms with Crippen molar-refractivity contribution in [2.75, 3.05) is 52.5 Å². The Morgan fingerprint density at radius 3 is 2.32 bits per heavy atom. The van der Waals surface area contributed by atoms with E-state index in [2.05, 4.69) is 15.5 Å². The van der Waals surface area contributed by atoms with Gasteiger partial charge in [0.1, 0.15) is 18.1 Å². The minimum absolute atomic E-state index is 0.298. The van der Waals surface area contributed by atoms with Crippen LogP contribution in [0.5, 0.6) is 23.0 Å². The topological polar surface area (TPSA) is 107 Å². The van der Waals surface area contributed by atoms with Gasteiger partial charge in [0.05, 0.1) is 19.9 Å². The molecule has 0 aromatic heterocycles. The number of likely N-dealkylation sites (N-methyl/N-ethyl adjacent to an activating group) is 1. The molecule has 0 saturated heterocycles. The predicted octanol–water partition coefficient (Wildman–Crippen LogP) is 3.96. The summed E-state index contributed by atoms with van der Waals surface area (Å²) in [5.74, 6) is 2.21. The van der Waals surface area contributed by atoms with Crippen molar-refractivity contribution in [3.63, 3.8) is 0 Å². The number of hydrogen-bond acceptors (Lipinski definition) is 9. The first-order valence-electron chi connectivity index (χ1n) is 11.8. The fourth-order valence-corrected chi connectivity index (χ4v) is 4.71. The highest BCUT2D eigenvalue weighted by molar-refractivity contribution is 8.00. The molecule has 37 heavy (non-hydrogen) atoms. The fourth-order valence-electron chi connectivity index (χ4n) is 3.68. The molecule has 10 heteroatoms. The number of nitrogens with zero attached hydrogens (tertiary/aromatic N) is 1. The van der Waals surface area contributed by atoms with Gasteiger partial charge in [0.25, 0.3) is 5.91 Å². The number of rotatable bonds is 11. The second kappa shape index (κ2) is 12.0. The quantitative estimate of drug-likeness (QED) is 0.321. The van der Waals surface area contributed by atoms with E-state index in [1.165, 1.54) is 11.8 Å². The monoisotopic (exact) mass is 524 g/mol. The first-order valence-corrected chi connectivity index (χ1v) is 12.6. The number of carbonyl (C=O) groups excluding carboxylic acids is 1. The lowest BCUT2D eigenvalue weighted by atomic mass is 10.1. The van der Waals surface area contributed by atoms with Crippen LogP contribution < -0.4 is 35.3 Å². The molecule has 0 fully saturated rings. The lowest BCUT2D eigenvalue weighted by Gasteiger charge is -2.22. The summed E-state index contributed by atoms with van der Waals surface area (Å²) in [5.41, 5.74) is 7.61. The molecule has 0 aliphatic carbocycles. The molecule has 1 aliphatic heterocycles. The number of fused-ring (bicyclic) bond motifs is 1. The SMILES string of the molecule is COc1cc2c(cc1OC)SC(NC(=O)C(Oc1ccc(OCCN(C)C)cc1)c1ccc(N)cc1)N2. The van der Waals surface area contributed by atoms with Gasteiger partial charge in [-0.3, -0.25) is 4.79 Å². The molecule has 0 radical (unpaired) electrons. The van der Waals surface area contributed by atoms with Crippen molar-refractivity contribution in [3.05, 3.63) is 66.2 Å². The molecular formula is C27H32N4O5S. The number of hydrogen-bond donors (Lipinski definition) is 3. The molecule has 4 N–H and O–H groups in total. The number of thioether (sulfide) groups is 1. The Morgan fingerprint density at radius 1 is 1.03 bits per heavy atom. The second-order valence-electron chi connectivity index (χ2n) is 8.64. The summed E-state index contributed by atoms with van der Waals surface area (Å²) in [7, 11) is 7.17. The van der Waals surface area contributed by atoms with E-state index in [4.69, 9.17) is 24.7 Å². The molecule has 0 spiro atoms. The first kappa shape index (κ1) is 26.3. The van der Waals surface area contributed by atoms with Crippen molar-refractivity contribution >= 4 is 29.0 Å². The standard InChI is InChI=1S/C27H32N4O5S/c1-31(2)13-14-35-19-9-11-20(12-10-19)36-25(17-5-7-18(28)8-6-17)26(32)30-27-29-21-15-22(33-3)23(34-4)16-24(21)37-27/h5-12,15-16,25,27,29H,13-14,28H2,1-4H3,(H,30,32). The molecule has 2 atom stereocenters. The molecular weight excluding hydrogens is 492 g/mol. The number of amides is 1. The molecule has 1 aliphatic rings. The minimum atomic E-state index is -0.892. The highest BCUT2D eigenvalue weighted by Crippen LogP contribution is 2.44. The van der Waals surface area contributed by atoms with Gasteiger partial charge in [-0.15, -0.1) is 0 Å². The molecule has 0 bridgehead atoms. The lowest BCUT2D eigenvalue weighted by molar-refractivity contribution is -0.128. The predicted molar refractivity (Wildman–Crippen MR) is 146 cm³/mol. The summed E-state index contributed by atoms with van der Waals surface area (Å²) < 4.78 is 22.7. The third-order valence-corrected chi connectivity index (χ3v) is 6.72. The second-order valence-corrected chi connectivity index (χ2v) is 9.79. The number of nitrogens with two attached hydrogens (primary N) is 1. The van der Waals surface area contributed by atoms with Crippen LogP contribution in [0.3, 0.4) is 0 Å². The molecule has 1 amide bonds. The van der Waals surface area contributed by atoms with Gasteiger partial charge in [-0.1, -0.05) is 23.9 Å². The van der Waals surface area contributed by atoms with E-state index in [9.17, 15) is 4.79 Å². The molecule has 2 unspecified atom stereocenters. The van der Waals surface area contributed by atoms with Gasteiger partial charge in [0.15, 0.2) is 17.0 Å². The van der Waals surface area contributed by atoms with Crippen LogP contribution in [0.1, 0.15) is 11.7 Å². The number of ether oxygens (including phenoxy) is 4.